The van der Waals surface area contributed by atoms with Crippen LogP contribution < -0.4 is 4.31 Å². The Hall–Kier alpha value is -2.87. The molecule has 0 aliphatic heterocycles. The zero-order valence-corrected chi connectivity index (χ0v) is 15.5. The maximum absolute atomic E-state index is 14.1. The number of sulfonamides is 1. The first-order valence-electron chi connectivity index (χ1n) is 8.17. The molecule has 3 nitrogen and oxygen atoms in total. The predicted octanol–water partition coefficient (Wildman–Crippen LogP) is 4.95. The van der Waals surface area contributed by atoms with Crippen LogP contribution in [0.1, 0.15) is 11.1 Å². The lowest BCUT2D eigenvalue weighted by atomic mass is 10.2. The van der Waals surface area contributed by atoms with Crippen LogP contribution in [0.4, 0.5) is 23.2 Å². The number of nitrogens with zero attached hydrogens (tertiary/aromatic N) is 1. The van der Waals surface area contributed by atoms with Gasteiger partial charge in [-0.2, -0.15) is 0 Å². The van der Waals surface area contributed by atoms with E-state index in [9.17, 15) is 26.0 Å². The average Bonchev–Trinajstić information content (AvgIpc) is 2.64. The van der Waals surface area contributed by atoms with Crippen molar-refractivity contribution in [2.75, 3.05) is 4.31 Å². The summed E-state index contributed by atoms with van der Waals surface area (Å²) in [4.78, 5) is -0.345. The minimum absolute atomic E-state index is 0.0473. The molecule has 0 radical (unpaired) electrons. The third-order valence-corrected chi connectivity index (χ3v) is 5.94. The van der Waals surface area contributed by atoms with Crippen LogP contribution in [0.25, 0.3) is 0 Å². The van der Waals surface area contributed by atoms with E-state index in [0.717, 1.165) is 34.6 Å². The first-order valence-corrected chi connectivity index (χ1v) is 9.61. The Morgan fingerprint density at radius 1 is 0.786 bits per heavy atom. The molecule has 146 valence electrons. The van der Waals surface area contributed by atoms with Gasteiger partial charge in [-0.05, 0) is 55.0 Å². The van der Waals surface area contributed by atoms with Gasteiger partial charge in [0.05, 0.1) is 17.1 Å². The Kier molecular flexibility index (Phi) is 5.42. The molecule has 0 bridgehead atoms. The molecule has 0 heterocycles. The van der Waals surface area contributed by atoms with E-state index in [1.807, 2.05) is 0 Å². The van der Waals surface area contributed by atoms with E-state index in [1.165, 1.54) is 31.2 Å². The van der Waals surface area contributed by atoms with Crippen molar-refractivity contribution in [2.24, 2.45) is 0 Å². The van der Waals surface area contributed by atoms with Crippen molar-refractivity contribution in [1.82, 2.24) is 0 Å². The molecule has 0 aliphatic carbocycles. The van der Waals surface area contributed by atoms with Gasteiger partial charge in [0.15, 0.2) is 0 Å². The highest BCUT2D eigenvalue weighted by atomic mass is 32.2. The zero-order chi connectivity index (χ0) is 20.5. The number of benzene rings is 3. The van der Waals surface area contributed by atoms with Gasteiger partial charge < -0.3 is 0 Å². The van der Waals surface area contributed by atoms with Crippen molar-refractivity contribution in [3.05, 3.63) is 95.1 Å². The van der Waals surface area contributed by atoms with E-state index < -0.39 is 39.8 Å². The fraction of sp³-hybridized carbons (Fsp3) is 0.100. The van der Waals surface area contributed by atoms with Crippen molar-refractivity contribution in [2.45, 2.75) is 18.4 Å². The third-order valence-electron chi connectivity index (χ3n) is 4.17. The molecule has 0 saturated heterocycles. The lowest BCUT2D eigenvalue weighted by Gasteiger charge is -2.25. The lowest BCUT2D eigenvalue weighted by Crippen LogP contribution is -2.31. The molecule has 8 heteroatoms. The number of anilines is 1. The summed E-state index contributed by atoms with van der Waals surface area (Å²) in [6, 6.07) is 10.7. The number of hydrogen-bond acceptors (Lipinski definition) is 2. The zero-order valence-electron chi connectivity index (χ0n) is 14.7. The SMILES string of the molecule is Cc1ccc(S(=O)(=O)N(Cc2ccc(F)cc2F)c2ccc(F)cc2)cc1F. The molecule has 0 N–H and O–H groups in total. The topological polar surface area (TPSA) is 37.4 Å². The van der Waals surface area contributed by atoms with Gasteiger partial charge in [0.2, 0.25) is 0 Å². The van der Waals surface area contributed by atoms with Gasteiger partial charge in [0.1, 0.15) is 23.3 Å². The van der Waals surface area contributed by atoms with Crippen LogP contribution in [0.15, 0.2) is 65.6 Å². The fourth-order valence-corrected chi connectivity index (χ4v) is 4.04. The minimum Gasteiger partial charge on any atom is -0.262 e. The van der Waals surface area contributed by atoms with Crippen LogP contribution in [0.2, 0.25) is 0 Å². The summed E-state index contributed by atoms with van der Waals surface area (Å²) in [5.41, 5.74) is 0.213. The van der Waals surface area contributed by atoms with E-state index >= 15 is 0 Å². The summed E-state index contributed by atoms with van der Waals surface area (Å²) in [6.07, 6.45) is 0. The first kappa shape index (κ1) is 19.9. The van der Waals surface area contributed by atoms with Crippen LogP contribution in [0, 0.1) is 30.2 Å². The molecule has 0 unspecified atom stereocenters. The number of rotatable bonds is 5. The maximum atomic E-state index is 14.1. The molecular formula is C20H15F4NO2S. The van der Waals surface area contributed by atoms with Gasteiger partial charge in [0, 0.05) is 11.6 Å². The van der Waals surface area contributed by atoms with Gasteiger partial charge in [-0.15, -0.1) is 0 Å². The molecule has 0 aromatic heterocycles. The molecule has 28 heavy (non-hydrogen) atoms. The molecular weight excluding hydrogens is 394 g/mol. The van der Waals surface area contributed by atoms with Crippen LogP contribution in [-0.2, 0) is 16.6 Å². The van der Waals surface area contributed by atoms with Crippen molar-refractivity contribution in [1.29, 1.82) is 0 Å². The van der Waals surface area contributed by atoms with Gasteiger partial charge >= 0.3 is 0 Å². The van der Waals surface area contributed by atoms with Crippen molar-refractivity contribution in [3.63, 3.8) is 0 Å². The monoisotopic (exact) mass is 409 g/mol. The summed E-state index contributed by atoms with van der Waals surface area (Å²) < 4.78 is 81.6. The largest absolute Gasteiger partial charge is 0.264 e. The average molecular weight is 409 g/mol. The molecule has 0 saturated carbocycles. The third kappa shape index (κ3) is 4.01. The van der Waals surface area contributed by atoms with Gasteiger partial charge in [-0.3, -0.25) is 4.31 Å². The molecule has 3 aromatic rings. The highest BCUT2D eigenvalue weighted by Gasteiger charge is 2.27. The maximum Gasteiger partial charge on any atom is 0.264 e. The smallest absolute Gasteiger partial charge is 0.262 e. The molecule has 0 spiro atoms. The summed E-state index contributed by atoms with van der Waals surface area (Å²) in [5, 5.41) is 0. The first-order chi connectivity index (χ1) is 13.2. The Bertz CT molecular complexity index is 1120. The summed E-state index contributed by atoms with van der Waals surface area (Å²) in [5.74, 6) is -3.04. The number of aryl methyl sites for hydroxylation is 1. The predicted molar refractivity (Wildman–Crippen MR) is 97.3 cm³/mol. The minimum atomic E-state index is -4.32. The van der Waals surface area contributed by atoms with E-state index in [1.54, 1.807) is 0 Å². The molecule has 3 rings (SSSR count). The molecule has 0 amide bonds. The Labute approximate surface area is 159 Å². The second-order valence-corrected chi connectivity index (χ2v) is 8.00. The van der Waals surface area contributed by atoms with E-state index in [-0.39, 0.29) is 21.7 Å². The molecule has 0 atom stereocenters. The van der Waals surface area contributed by atoms with Crippen molar-refractivity contribution >= 4 is 15.7 Å². The number of hydrogen-bond donors (Lipinski definition) is 0. The van der Waals surface area contributed by atoms with Crippen LogP contribution in [0.5, 0.6) is 0 Å². The van der Waals surface area contributed by atoms with Crippen molar-refractivity contribution in [3.8, 4) is 0 Å². The van der Waals surface area contributed by atoms with E-state index in [4.69, 9.17) is 0 Å². The molecule has 0 fully saturated rings. The second-order valence-electron chi connectivity index (χ2n) is 6.13. The number of halogens is 4. The highest BCUT2D eigenvalue weighted by molar-refractivity contribution is 7.92. The van der Waals surface area contributed by atoms with Gasteiger partial charge in [-0.25, -0.2) is 26.0 Å². The molecule has 0 aliphatic rings. The van der Waals surface area contributed by atoms with Crippen LogP contribution in [0.3, 0.4) is 0 Å². The highest BCUT2D eigenvalue weighted by Crippen LogP contribution is 2.28. The summed E-state index contributed by atoms with van der Waals surface area (Å²) in [6.45, 7) is 0.993. The Balaban J connectivity index is 2.11. The summed E-state index contributed by atoms with van der Waals surface area (Å²) in [7, 11) is -4.32. The van der Waals surface area contributed by atoms with Crippen LogP contribution >= 0.6 is 0 Å². The second kappa shape index (κ2) is 7.63. The molecule has 3 aromatic carbocycles. The lowest BCUT2D eigenvalue weighted by molar-refractivity contribution is 0.568. The summed E-state index contributed by atoms with van der Waals surface area (Å²) >= 11 is 0. The Morgan fingerprint density at radius 3 is 2.04 bits per heavy atom. The van der Waals surface area contributed by atoms with E-state index in [2.05, 4.69) is 0 Å². The van der Waals surface area contributed by atoms with Gasteiger partial charge in [0.25, 0.3) is 10.0 Å². The van der Waals surface area contributed by atoms with E-state index in [0.29, 0.717) is 6.07 Å². The standard InChI is InChI=1S/C20H15F4NO2S/c1-13-2-9-18(11-19(13)23)28(26,27)25(17-7-5-15(21)6-8-17)12-14-3-4-16(22)10-20(14)24/h2-11H,12H2,1H3. The normalized spacial score (nSPS) is 11.5. The van der Waals surface area contributed by atoms with Crippen molar-refractivity contribution < 1.29 is 26.0 Å². The van der Waals surface area contributed by atoms with Gasteiger partial charge in [-0.1, -0.05) is 12.1 Å². The Morgan fingerprint density at radius 2 is 1.43 bits per heavy atom. The van der Waals surface area contributed by atoms with Crippen LogP contribution in [-0.4, -0.2) is 8.42 Å². The fourth-order valence-electron chi connectivity index (χ4n) is 2.59. The quantitative estimate of drug-likeness (QED) is 0.560.